The number of rotatable bonds is 5. The van der Waals surface area contributed by atoms with Gasteiger partial charge in [-0.15, -0.1) is 0 Å². The van der Waals surface area contributed by atoms with E-state index in [1.54, 1.807) is 45.6 Å². The van der Waals surface area contributed by atoms with Crippen LogP contribution in [0, 0.1) is 0 Å². The van der Waals surface area contributed by atoms with E-state index >= 15 is 0 Å². The molecule has 8 heteroatoms. The Labute approximate surface area is 184 Å². The molecule has 176 valence electrons. The Morgan fingerprint density at radius 3 is 2.26 bits per heavy atom. The smallest absolute Gasteiger partial charge is 0.416 e. The molecule has 0 bridgehead atoms. The minimum atomic E-state index is -4.50. The zero-order chi connectivity index (χ0) is 24.0. The molecule has 0 radical (unpaired) electrons. The first-order valence-corrected chi connectivity index (χ1v) is 10.6. The number of halogens is 3. The number of ether oxygens (including phenoxy) is 1. The number of carbonyl (C=O) groups excluding carboxylic acids is 1. The number of nitrogens with zero attached hydrogens (tertiary/aromatic N) is 3. The average Bonchev–Trinajstić information content (AvgIpc) is 2.62. The molecule has 1 aliphatic rings. The molecule has 0 aromatic heterocycles. The number of hydrogen-bond donors (Lipinski definition) is 0. The second kappa shape index (κ2) is 10.9. The largest absolute Gasteiger partial charge is 0.444 e. The molecule has 1 heterocycles. The molecule has 5 nitrogen and oxygen atoms in total. The van der Waals surface area contributed by atoms with Crippen molar-refractivity contribution in [2.75, 3.05) is 19.6 Å². The van der Waals surface area contributed by atoms with Crippen molar-refractivity contribution in [2.24, 2.45) is 4.99 Å². The highest BCUT2D eigenvalue weighted by Gasteiger charge is 2.38. The van der Waals surface area contributed by atoms with Gasteiger partial charge in [0.2, 0.25) is 0 Å². The summed E-state index contributed by atoms with van der Waals surface area (Å²) in [5.74, 6) is 0. The van der Waals surface area contributed by atoms with Gasteiger partial charge in [0.25, 0.3) is 0 Å². The minimum absolute atomic E-state index is 0.0775. The molecule has 0 aromatic rings. The summed E-state index contributed by atoms with van der Waals surface area (Å²) in [6.45, 7) is 15.0. The van der Waals surface area contributed by atoms with Crippen LogP contribution in [0.15, 0.2) is 40.2 Å². The molecular formula is C23H36F3N3O2. The Morgan fingerprint density at radius 2 is 1.81 bits per heavy atom. The fourth-order valence-corrected chi connectivity index (χ4v) is 3.45. The summed E-state index contributed by atoms with van der Waals surface area (Å²) in [6, 6.07) is -0.211. The van der Waals surface area contributed by atoms with Gasteiger partial charge in [-0.05, 0) is 54.9 Å². The predicted octanol–water partition coefficient (Wildman–Crippen LogP) is 6.09. The van der Waals surface area contributed by atoms with Crippen molar-refractivity contribution in [3.63, 3.8) is 0 Å². The van der Waals surface area contributed by atoms with Crippen molar-refractivity contribution >= 4 is 11.8 Å². The molecule has 1 saturated heterocycles. The van der Waals surface area contributed by atoms with Gasteiger partial charge in [-0.3, -0.25) is 4.99 Å². The number of hydrogen-bond acceptors (Lipinski definition) is 4. The Hall–Kier alpha value is -2.25. The van der Waals surface area contributed by atoms with Crippen molar-refractivity contribution in [3.05, 3.63) is 35.2 Å². The zero-order valence-electron chi connectivity index (χ0n) is 19.9. The molecule has 0 saturated carbocycles. The first-order chi connectivity index (χ1) is 14.2. The summed E-state index contributed by atoms with van der Waals surface area (Å²) in [4.78, 5) is 20.2. The Bertz CT molecular complexity index is 759. The van der Waals surface area contributed by atoms with E-state index in [1.165, 1.54) is 13.1 Å². The fraction of sp³-hybridized carbons (Fsp3) is 0.652. The van der Waals surface area contributed by atoms with E-state index in [-0.39, 0.29) is 11.6 Å². The van der Waals surface area contributed by atoms with Gasteiger partial charge in [0.1, 0.15) is 5.60 Å². The maximum atomic E-state index is 13.8. The second-order valence-corrected chi connectivity index (χ2v) is 8.64. The van der Waals surface area contributed by atoms with Crippen molar-refractivity contribution in [1.82, 2.24) is 9.80 Å². The lowest BCUT2D eigenvalue weighted by Gasteiger charge is -2.42. The van der Waals surface area contributed by atoms with Gasteiger partial charge in [0.05, 0.1) is 5.57 Å². The van der Waals surface area contributed by atoms with Crippen LogP contribution in [-0.2, 0) is 4.74 Å². The number of allylic oxidation sites excluding steroid dienone is 5. The summed E-state index contributed by atoms with van der Waals surface area (Å²) < 4.78 is 46.8. The van der Waals surface area contributed by atoms with E-state index in [9.17, 15) is 18.0 Å². The SMILES string of the molecule is C\C=C(C(/C(C)=N/C=C/CC)=C(/C)N1CCN(C(=O)OC(C)(C)C)C(C)C1)\C(F)(F)F. The lowest BCUT2D eigenvalue weighted by Crippen LogP contribution is -2.54. The molecule has 0 aliphatic carbocycles. The maximum Gasteiger partial charge on any atom is 0.416 e. The summed E-state index contributed by atoms with van der Waals surface area (Å²) >= 11 is 0. The highest BCUT2D eigenvalue weighted by atomic mass is 19.4. The van der Waals surface area contributed by atoms with Gasteiger partial charge in [-0.2, -0.15) is 13.2 Å². The van der Waals surface area contributed by atoms with Crippen molar-refractivity contribution in [2.45, 2.75) is 79.6 Å². The number of aliphatic imine (C=N–C) groups is 1. The normalized spacial score (nSPS) is 20.3. The van der Waals surface area contributed by atoms with Crippen LogP contribution < -0.4 is 0 Å². The standard InChI is InChI=1S/C23H36F3N3O2/c1-9-11-12-27-17(4)20(19(10-2)23(24,25)26)18(5)28-13-14-29(16(3)15-28)21(30)31-22(6,7)8/h10-12,16H,9,13-15H2,1-8H3/b12-11+,19-10+,20-18-,27-17+. The third kappa shape index (κ3) is 7.74. The van der Waals surface area contributed by atoms with E-state index in [2.05, 4.69) is 4.99 Å². The summed E-state index contributed by atoms with van der Waals surface area (Å²) in [7, 11) is 0. The fourth-order valence-electron chi connectivity index (χ4n) is 3.45. The van der Waals surface area contributed by atoms with Crippen LogP contribution in [0.4, 0.5) is 18.0 Å². The van der Waals surface area contributed by atoms with Crippen LogP contribution in [0.1, 0.15) is 61.8 Å². The molecular weight excluding hydrogens is 407 g/mol. The third-order valence-corrected chi connectivity index (χ3v) is 4.93. The Kier molecular flexibility index (Phi) is 9.39. The first kappa shape index (κ1) is 26.8. The minimum Gasteiger partial charge on any atom is -0.444 e. The molecule has 31 heavy (non-hydrogen) atoms. The quantitative estimate of drug-likeness (QED) is 0.381. The topological polar surface area (TPSA) is 45.1 Å². The molecule has 0 N–H and O–H groups in total. The lowest BCUT2D eigenvalue weighted by atomic mass is 9.97. The number of carbonyl (C=O) groups is 1. The van der Waals surface area contributed by atoms with Gasteiger partial charge in [-0.1, -0.05) is 19.1 Å². The van der Waals surface area contributed by atoms with Gasteiger partial charge < -0.3 is 14.5 Å². The monoisotopic (exact) mass is 443 g/mol. The van der Waals surface area contributed by atoms with E-state index in [1.807, 2.05) is 18.7 Å². The molecule has 1 aliphatic heterocycles. The van der Waals surface area contributed by atoms with Crippen molar-refractivity contribution < 1.29 is 22.7 Å². The molecule has 0 spiro atoms. The average molecular weight is 444 g/mol. The van der Waals surface area contributed by atoms with Crippen molar-refractivity contribution in [3.8, 4) is 0 Å². The number of alkyl halides is 3. The van der Waals surface area contributed by atoms with E-state index in [0.29, 0.717) is 31.0 Å². The highest BCUT2D eigenvalue weighted by Crippen LogP contribution is 2.35. The third-order valence-electron chi connectivity index (χ3n) is 4.93. The van der Waals surface area contributed by atoms with E-state index < -0.39 is 23.4 Å². The van der Waals surface area contributed by atoms with Gasteiger partial charge in [0.15, 0.2) is 0 Å². The summed E-state index contributed by atoms with van der Waals surface area (Å²) in [6.07, 6.45) is 0.251. The van der Waals surface area contributed by atoms with Crippen LogP contribution >= 0.6 is 0 Å². The molecule has 0 aromatic carbocycles. The van der Waals surface area contributed by atoms with Crippen LogP contribution in [0.3, 0.4) is 0 Å². The van der Waals surface area contributed by atoms with E-state index in [4.69, 9.17) is 4.74 Å². The Balaban J connectivity index is 3.28. The molecule has 1 fully saturated rings. The highest BCUT2D eigenvalue weighted by molar-refractivity contribution is 6.03. The second-order valence-electron chi connectivity index (χ2n) is 8.64. The van der Waals surface area contributed by atoms with Crippen LogP contribution in [0.2, 0.25) is 0 Å². The Morgan fingerprint density at radius 1 is 1.19 bits per heavy atom. The van der Waals surface area contributed by atoms with Crippen LogP contribution in [-0.4, -0.2) is 59.1 Å². The molecule has 1 amide bonds. The molecule has 1 atom stereocenters. The predicted molar refractivity (Wildman–Crippen MR) is 119 cm³/mol. The van der Waals surface area contributed by atoms with Crippen molar-refractivity contribution in [1.29, 1.82) is 0 Å². The van der Waals surface area contributed by atoms with Gasteiger partial charge in [-0.25, -0.2) is 4.79 Å². The zero-order valence-corrected chi connectivity index (χ0v) is 19.9. The van der Waals surface area contributed by atoms with Gasteiger partial charge >= 0.3 is 12.3 Å². The maximum absolute atomic E-state index is 13.8. The molecule has 1 unspecified atom stereocenters. The number of amides is 1. The molecule has 1 rings (SSSR count). The summed E-state index contributed by atoms with van der Waals surface area (Å²) in [5.41, 5.74) is -0.446. The van der Waals surface area contributed by atoms with Crippen LogP contribution in [0.5, 0.6) is 0 Å². The lowest BCUT2D eigenvalue weighted by molar-refractivity contribution is -0.0891. The van der Waals surface area contributed by atoms with E-state index in [0.717, 1.165) is 12.5 Å². The van der Waals surface area contributed by atoms with Gasteiger partial charge in [0, 0.05) is 48.9 Å². The first-order valence-electron chi connectivity index (χ1n) is 10.6. The summed E-state index contributed by atoms with van der Waals surface area (Å²) in [5, 5.41) is 0. The number of piperazine rings is 1. The van der Waals surface area contributed by atoms with Crippen LogP contribution in [0.25, 0.3) is 0 Å².